The summed E-state index contributed by atoms with van der Waals surface area (Å²) in [5, 5.41) is 9.26. The molecule has 2 aromatic rings. The molecular weight excluding hydrogens is 310 g/mol. The quantitative estimate of drug-likeness (QED) is 0.853. The number of piperidine rings is 1. The van der Waals surface area contributed by atoms with E-state index in [1.54, 1.807) is 11.3 Å². The number of rotatable bonds is 6. The van der Waals surface area contributed by atoms with E-state index in [-0.39, 0.29) is 11.9 Å². The number of carbonyl (C=O) groups excluding carboxylic acids is 1. The highest BCUT2D eigenvalue weighted by Crippen LogP contribution is 2.16. The van der Waals surface area contributed by atoms with Crippen molar-refractivity contribution in [3.63, 3.8) is 0 Å². The normalized spacial score (nSPS) is 17.8. The van der Waals surface area contributed by atoms with Crippen molar-refractivity contribution in [2.75, 3.05) is 6.54 Å². The van der Waals surface area contributed by atoms with Gasteiger partial charge in [0.25, 0.3) is 0 Å². The summed E-state index contributed by atoms with van der Waals surface area (Å²) in [4.78, 5) is 16.1. The van der Waals surface area contributed by atoms with Crippen LogP contribution in [0.5, 0.6) is 5.75 Å². The average molecular weight is 331 g/mol. The number of amides is 1. The van der Waals surface area contributed by atoms with Gasteiger partial charge in [0, 0.05) is 18.5 Å². The van der Waals surface area contributed by atoms with E-state index in [0.29, 0.717) is 13.2 Å². The van der Waals surface area contributed by atoms with Crippen molar-refractivity contribution < 1.29 is 9.53 Å². The second kappa shape index (κ2) is 7.57. The fourth-order valence-electron chi connectivity index (χ4n) is 2.54. The van der Waals surface area contributed by atoms with Crippen LogP contribution < -0.4 is 15.4 Å². The van der Waals surface area contributed by atoms with Crippen LogP contribution >= 0.6 is 11.3 Å². The molecule has 1 aromatic carbocycles. The smallest absolute Gasteiger partial charge is 0.237 e. The molecular formula is C17H21N3O2S. The van der Waals surface area contributed by atoms with Gasteiger partial charge in [0.2, 0.25) is 5.91 Å². The highest BCUT2D eigenvalue weighted by Gasteiger charge is 2.20. The fraction of sp³-hybridized carbons (Fsp3) is 0.412. The Balaban J connectivity index is 1.47. The van der Waals surface area contributed by atoms with Crippen molar-refractivity contribution in [2.45, 2.75) is 39.0 Å². The summed E-state index contributed by atoms with van der Waals surface area (Å²) in [6.45, 7) is 3.96. The number of nitrogens with zero attached hydrogens (tertiary/aromatic N) is 1. The van der Waals surface area contributed by atoms with Gasteiger partial charge in [-0.05, 0) is 37.5 Å². The summed E-state index contributed by atoms with van der Waals surface area (Å²) in [5.41, 5.74) is 2.10. The molecule has 1 saturated heterocycles. The van der Waals surface area contributed by atoms with Gasteiger partial charge in [-0.2, -0.15) is 0 Å². The summed E-state index contributed by atoms with van der Waals surface area (Å²) in [7, 11) is 0. The van der Waals surface area contributed by atoms with E-state index in [1.165, 1.54) is 0 Å². The number of thiazole rings is 1. The highest BCUT2D eigenvalue weighted by atomic mass is 32.1. The summed E-state index contributed by atoms with van der Waals surface area (Å²) < 4.78 is 5.73. The maximum absolute atomic E-state index is 11.7. The molecule has 2 heterocycles. The van der Waals surface area contributed by atoms with E-state index in [1.807, 2.05) is 36.6 Å². The van der Waals surface area contributed by atoms with Gasteiger partial charge >= 0.3 is 0 Å². The van der Waals surface area contributed by atoms with E-state index in [4.69, 9.17) is 4.74 Å². The van der Waals surface area contributed by atoms with E-state index in [2.05, 4.69) is 15.6 Å². The molecule has 0 spiro atoms. The van der Waals surface area contributed by atoms with Crippen LogP contribution in [0.15, 0.2) is 29.6 Å². The number of nitrogens with one attached hydrogen (secondary N) is 2. The first-order valence-corrected chi connectivity index (χ1v) is 8.72. The van der Waals surface area contributed by atoms with Gasteiger partial charge in [-0.25, -0.2) is 4.98 Å². The number of hydrogen-bond acceptors (Lipinski definition) is 5. The Morgan fingerprint density at radius 1 is 1.39 bits per heavy atom. The number of carbonyl (C=O) groups is 1. The van der Waals surface area contributed by atoms with Gasteiger partial charge in [-0.15, -0.1) is 11.3 Å². The minimum atomic E-state index is -0.0763. The Morgan fingerprint density at radius 3 is 2.91 bits per heavy atom. The predicted molar refractivity (Wildman–Crippen MR) is 90.5 cm³/mol. The second-order valence-corrected chi connectivity index (χ2v) is 6.72. The molecule has 1 atom stereocenters. The lowest BCUT2D eigenvalue weighted by molar-refractivity contribution is -0.124. The maximum atomic E-state index is 11.7. The molecule has 0 bridgehead atoms. The molecule has 3 rings (SSSR count). The van der Waals surface area contributed by atoms with Crippen LogP contribution in [0.25, 0.3) is 0 Å². The predicted octanol–water partition coefficient (Wildman–Crippen LogP) is 2.40. The Kier molecular flexibility index (Phi) is 5.25. The SMILES string of the molecule is Cc1nc(COc2ccc(CN[C@@H]3CCCNC3=O)cc2)cs1. The largest absolute Gasteiger partial charge is 0.487 e. The molecule has 1 aromatic heterocycles. The lowest BCUT2D eigenvalue weighted by Crippen LogP contribution is -2.47. The van der Waals surface area contributed by atoms with E-state index in [0.717, 1.165) is 41.4 Å². The molecule has 23 heavy (non-hydrogen) atoms. The topological polar surface area (TPSA) is 63.2 Å². The third-order valence-corrected chi connectivity index (χ3v) is 4.64. The minimum Gasteiger partial charge on any atom is -0.487 e. The fourth-order valence-corrected chi connectivity index (χ4v) is 3.14. The third-order valence-electron chi connectivity index (χ3n) is 3.81. The van der Waals surface area contributed by atoms with Crippen LogP contribution in [0.2, 0.25) is 0 Å². The van der Waals surface area contributed by atoms with E-state index < -0.39 is 0 Å². The molecule has 0 radical (unpaired) electrons. The van der Waals surface area contributed by atoms with E-state index >= 15 is 0 Å². The standard InChI is InChI=1S/C17H21N3O2S/c1-12-20-14(11-23-12)10-22-15-6-4-13(5-7-15)9-19-16-3-2-8-18-17(16)21/h4-7,11,16,19H,2-3,8-10H2,1H3,(H,18,21)/t16-/m1/s1. The van der Waals surface area contributed by atoms with Crippen molar-refractivity contribution in [3.05, 3.63) is 45.9 Å². The van der Waals surface area contributed by atoms with Crippen molar-refractivity contribution in [3.8, 4) is 5.75 Å². The number of aryl methyl sites for hydroxylation is 1. The Bertz CT molecular complexity index is 654. The molecule has 122 valence electrons. The lowest BCUT2D eigenvalue weighted by Gasteiger charge is -2.22. The van der Waals surface area contributed by atoms with Crippen molar-refractivity contribution in [1.29, 1.82) is 0 Å². The van der Waals surface area contributed by atoms with Gasteiger partial charge < -0.3 is 15.4 Å². The van der Waals surface area contributed by atoms with Gasteiger partial charge in [-0.1, -0.05) is 12.1 Å². The van der Waals surface area contributed by atoms with Crippen LogP contribution in [0.4, 0.5) is 0 Å². The molecule has 1 fully saturated rings. The lowest BCUT2D eigenvalue weighted by atomic mass is 10.1. The average Bonchev–Trinajstić information content (AvgIpc) is 2.99. The Hall–Kier alpha value is -1.92. The van der Waals surface area contributed by atoms with Gasteiger partial charge in [-0.3, -0.25) is 4.79 Å². The molecule has 2 N–H and O–H groups in total. The first kappa shape index (κ1) is 16.0. The van der Waals surface area contributed by atoms with Crippen LogP contribution in [0, 0.1) is 6.92 Å². The highest BCUT2D eigenvalue weighted by molar-refractivity contribution is 7.09. The molecule has 0 saturated carbocycles. The minimum absolute atomic E-state index is 0.0763. The second-order valence-electron chi connectivity index (χ2n) is 5.66. The Morgan fingerprint density at radius 2 is 2.22 bits per heavy atom. The molecule has 1 amide bonds. The van der Waals surface area contributed by atoms with E-state index in [9.17, 15) is 4.79 Å². The van der Waals surface area contributed by atoms with Crippen LogP contribution in [-0.4, -0.2) is 23.5 Å². The van der Waals surface area contributed by atoms with Crippen LogP contribution in [0.1, 0.15) is 29.1 Å². The number of hydrogen-bond donors (Lipinski definition) is 2. The summed E-state index contributed by atoms with van der Waals surface area (Å²) in [5.74, 6) is 0.935. The molecule has 0 unspecified atom stereocenters. The monoisotopic (exact) mass is 331 g/mol. The van der Waals surface area contributed by atoms with Gasteiger partial charge in [0.05, 0.1) is 16.7 Å². The van der Waals surface area contributed by atoms with Crippen molar-refractivity contribution in [2.24, 2.45) is 0 Å². The first-order valence-electron chi connectivity index (χ1n) is 7.84. The maximum Gasteiger partial charge on any atom is 0.237 e. The Labute approximate surface area is 140 Å². The van der Waals surface area contributed by atoms with Gasteiger partial charge in [0.1, 0.15) is 12.4 Å². The van der Waals surface area contributed by atoms with Crippen molar-refractivity contribution in [1.82, 2.24) is 15.6 Å². The zero-order valence-electron chi connectivity index (χ0n) is 13.2. The summed E-state index contributed by atoms with van der Waals surface area (Å²) >= 11 is 1.63. The van der Waals surface area contributed by atoms with Crippen LogP contribution in [0.3, 0.4) is 0 Å². The zero-order valence-corrected chi connectivity index (χ0v) is 14.0. The first-order chi connectivity index (χ1) is 11.2. The number of aromatic nitrogens is 1. The number of ether oxygens (including phenoxy) is 1. The molecule has 6 heteroatoms. The molecule has 5 nitrogen and oxygen atoms in total. The van der Waals surface area contributed by atoms with Crippen LogP contribution in [-0.2, 0) is 17.9 Å². The number of benzene rings is 1. The zero-order chi connectivity index (χ0) is 16.1. The summed E-state index contributed by atoms with van der Waals surface area (Å²) in [6.07, 6.45) is 1.94. The molecule has 1 aliphatic heterocycles. The van der Waals surface area contributed by atoms with Gasteiger partial charge in [0.15, 0.2) is 0 Å². The molecule has 0 aliphatic carbocycles. The molecule has 1 aliphatic rings. The van der Waals surface area contributed by atoms with Crippen molar-refractivity contribution >= 4 is 17.2 Å². The third kappa shape index (κ3) is 4.53. The summed E-state index contributed by atoms with van der Waals surface area (Å²) in [6, 6.07) is 7.88.